The smallest absolute Gasteiger partial charge is 0.336 e. The van der Waals surface area contributed by atoms with Crippen molar-refractivity contribution in [2.75, 3.05) is 5.32 Å². The van der Waals surface area contributed by atoms with E-state index in [-0.39, 0.29) is 6.42 Å². The summed E-state index contributed by atoms with van der Waals surface area (Å²) in [5, 5.41) is 12.5. The van der Waals surface area contributed by atoms with E-state index in [1.54, 1.807) is 19.1 Å². The predicted octanol–water partition coefficient (Wildman–Crippen LogP) is 0.842. The number of nitrogens with one attached hydrogen (secondary N) is 1. The molecular weight excluding hydrogens is 276 g/mol. The van der Waals surface area contributed by atoms with Gasteiger partial charge in [-0.1, -0.05) is 0 Å². The molecule has 0 aliphatic heterocycles. The van der Waals surface area contributed by atoms with Crippen molar-refractivity contribution < 1.29 is 19.1 Å². The minimum Gasteiger partial charge on any atom is -0.480 e. The Morgan fingerprint density at radius 2 is 2.10 bits per heavy atom. The molecule has 7 nitrogen and oxygen atoms in total. The van der Waals surface area contributed by atoms with Crippen LogP contribution in [0, 0.1) is 6.92 Å². The minimum absolute atomic E-state index is 0.341. The number of hydrogen-bond acceptors (Lipinski definition) is 5. The minimum atomic E-state index is -1.19. The van der Waals surface area contributed by atoms with Gasteiger partial charge in [-0.25, -0.2) is 9.59 Å². The molecule has 1 amide bonds. The maximum absolute atomic E-state index is 11.3. The summed E-state index contributed by atoms with van der Waals surface area (Å²) in [5.41, 5.74) is 6.06. The second-order valence-corrected chi connectivity index (χ2v) is 4.66. The van der Waals surface area contributed by atoms with E-state index in [0.29, 0.717) is 11.3 Å². The van der Waals surface area contributed by atoms with Crippen LogP contribution in [0.1, 0.15) is 12.0 Å². The summed E-state index contributed by atoms with van der Waals surface area (Å²) < 4.78 is 5.07. The van der Waals surface area contributed by atoms with Gasteiger partial charge in [-0.15, -0.1) is 0 Å². The van der Waals surface area contributed by atoms with E-state index in [1.807, 2.05) is 0 Å². The number of primary amides is 1. The molecule has 0 bridgehead atoms. The van der Waals surface area contributed by atoms with Crippen molar-refractivity contribution >= 4 is 28.5 Å². The number of aliphatic carboxylic acids is 1. The molecule has 0 unspecified atom stereocenters. The second kappa shape index (κ2) is 5.66. The fourth-order valence-electron chi connectivity index (χ4n) is 2.02. The monoisotopic (exact) mass is 290 g/mol. The van der Waals surface area contributed by atoms with Gasteiger partial charge in [0.1, 0.15) is 11.6 Å². The molecule has 0 spiro atoms. The van der Waals surface area contributed by atoms with Gasteiger partial charge >= 0.3 is 11.6 Å². The molecule has 0 radical (unpaired) electrons. The van der Waals surface area contributed by atoms with Crippen molar-refractivity contribution in [3.05, 3.63) is 40.2 Å². The molecule has 1 atom stereocenters. The van der Waals surface area contributed by atoms with Gasteiger partial charge in [0.25, 0.3) is 0 Å². The van der Waals surface area contributed by atoms with Gasteiger partial charge in [0, 0.05) is 23.2 Å². The highest BCUT2D eigenvalue weighted by molar-refractivity contribution is 5.87. The molecule has 0 saturated carbocycles. The van der Waals surface area contributed by atoms with Crippen LogP contribution in [0.3, 0.4) is 0 Å². The Bertz CT molecular complexity index is 766. The molecule has 2 rings (SSSR count). The zero-order chi connectivity index (χ0) is 15.6. The summed E-state index contributed by atoms with van der Waals surface area (Å²) in [6.07, 6.45) is -0.342. The van der Waals surface area contributed by atoms with Crippen LogP contribution >= 0.6 is 0 Å². The summed E-state index contributed by atoms with van der Waals surface area (Å²) in [7, 11) is 0. The Kier molecular flexibility index (Phi) is 3.93. The number of carboxylic acids is 1. The van der Waals surface area contributed by atoms with Crippen molar-refractivity contribution in [1.82, 2.24) is 0 Å². The first kappa shape index (κ1) is 14.6. The standard InChI is InChI=1S/C14H14N2O5/c1-7-4-13(18)21-11-5-8(2-3-9(7)11)16-10(14(19)20)6-12(15)17/h2-5,10,16H,6H2,1H3,(H2,15,17)(H,19,20)/t10-/m0/s1. The Balaban J connectivity index is 2.36. The Morgan fingerprint density at radius 3 is 2.71 bits per heavy atom. The largest absolute Gasteiger partial charge is 0.480 e. The first-order valence-electron chi connectivity index (χ1n) is 6.19. The Morgan fingerprint density at radius 1 is 1.38 bits per heavy atom. The third kappa shape index (κ3) is 3.38. The third-order valence-corrected chi connectivity index (χ3v) is 3.00. The number of carboxylic acid groups (broad SMARTS) is 1. The van der Waals surface area contributed by atoms with E-state index in [4.69, 9.17) is 15.3 Å². The predicted molar refractivity (Wildman–Crippen MR) is 76.1 cm³/mol. The van der Waals surface area contributed by atoms with E-state index >= 15 is 0 Å². The van der Waals surface area contributed by atoms with Crippen LogP contribution in [-0.4, -0.2) is 23.0 Å². The lowest BCUT2D eigenvalue weighted by Gasteiger charge is -2.14. The lowest BCUT2D eigenvalue weighted by atomic mass is 10.1. The first-order valence-corrected chi connectivity index (χ1v) is 6.19. The maximum atomic E-state index is 11.3. The average Bonchev–Trinajstić information content (AvgIpc) is 2.36. The lowest BCUT2D eigenvalue weighted by molar-refractivity contribution is -0.139. The van der Waals surface area contributed by atoms with Gasteiger partial charge in [-0.05, 0) is 24.6 Å². The summed E-state index contributed by atoms with van der Waals surface area (Å²) in [5.74, 6) is -1.92. The van der Waals surface area contributed by atoms with Crippen molar-refractivity contribution in [2.24, 2.45) is 5.73 Å². The molecule has 7 heteroatoms. The van der Waals surface area contributed by atoms with E-state index in [0.717, 1.165) is 10.9 Å². The number of rotatable bonds is 5. The van der Waals surface area contributed by atoms with Crippen molar-refractivity contribution in [3.8, 4) is 0 Å². The Hall–Kier alpha value is -2.83. The van der Waals surface area contributed by atoms with Crippen molar-refractivity contribution in [2.45, 2.75) is 19.4 Å². The topological polar surface area (TPSA) is 123 Å². The molecule has 110 valence electrons. The molecule has 21 heavy (non-hydrogen) atoms. The molecule has 0 fully saturated rings. The fraction of sp³-hybridized carbons (Fsp3) is 0.214. The highest BCUT2D eigenvalue weighted by Crippen LogP contribution is 2.21. The van der Waals surface area contributed by atoms with E-state index in [2.05, 4.69) is 5.32 Å². The fourth-order valence-corrected chi connectivity index (χ4v) is 2.02. The molecule has 1 aromatic carbocycles. The summed E-state index contributed by atoms with van der Waals surface area (Å²) in [4.78, 5) is 33.3. The number of fused-ring (bicyclic) bond motifs is 1. The number of nitrogens with two attached hydrogens (primary N) is 1. The van der Waals surface area contributed by atoms with E-state index < -0.39 is 23.5 Å². The van der Waals surface area contributed by atoms with Crippen LogP contribution in [0.15, 0.2) is 33.5 Å². The van der Waals surface area contributed by atoms with Gasteiger partial charge in [0.15, 0.2) is 0 Å². The highest BCUT2D eigenvalue weighted by atomic mass is 16.4. The average molecular weight is 290 g/mol. The quantitative estimate of drug-likeness (QED) is 0.701. The SMILES string of the molecule is Cc1cc(=O)oc2cc(N[C@@H](CC(N)=O)C(=O)O)ccc12. The van der Waals surface area contributed by atoms with Gasteiger partial charge in [0.2, 0.25) is 5.91 Å². The van der Waals surface area contributed by atoms with Crippen LogP contribution < -0.4 is 16.7 Å². The number of hydrogen-bond donors (Lipinski definition) is 3. The maximum Gasteiger partial charge on any atom is 0.336 e. The normalized spacial score (nSPS) is 12.0. The number of amides is 1. The van der Waals surface area contributed by atoms with Gasteiger partial charge in [-0.2, -0.15) is 0 Å². The highest BCUT2D eigenvalue weighted by Gasteiger charge is 2.19. The van der Waals surface area contributed by atoms with Crippen molar-refractivity contribution in [1.29, 1.82) is 0 Å². The van der Waals surface area contributed by atoms with Gasteiger partial charge in [0.05, 0.1) is 6.42 Å². The zero-order valence-corrected chi connectivity index (χ0v) is 11.3. The molecule has 2 aromatic rings. The summed E-state index contributed by atoms with van der Waals surface area (Å²) in [6.45, 7) is 1.78. The zero-order valence-electron chi connectivity index (χ0n) is 11.3. The lowest BCUT2D eigenvalue weighted by Crippen LogP contribution is -2.33. The van der Waals surface area contributed by atoms with Crippen LogP contribution in [0.5, 0.6) is 0 Å². The third-order valence-electron chi connectivity index (χ3n) is 3.00. The molecule has 1 heterocycles. The van der Waals surface area contributed by atoms with Gasteiger partial charge < -0.3 is 20.6 Å². The molecule has 0 aliphatic rings. The first-order chi connectivity index (χ1) is 9.86. The number of aryl methyl sites for hydroxylation is 1. The van der Waals surface area contributed by atoms with Crippen LogP contribution in [0.4, 0.5) is 5.69 Å². The van der Waals surface area contributed by atoms with E-state index in [1.165, 1.54) is 12.1 Å². The number of benzene rings is 1. The van der Waals surface area contributed by atoms with E-state index in [9.17, 15) is 14.4 Å². The van der Waals surface area contributed by atoms with Gasteiger partial charge in [-0.3, -0.25) is 4.79 Å². The van der Waals surface area contributed by atoms with Crippen LogP contribution in [-0.2, 0) is 9.59 Å². The molecule has 4 N–H and O–H groups in total. The van der Waals surface area contributed by atoms with Crippen LogP contribution in [0.2, 0.25) is 0 Å². The second-order valence-electron chi connectivity index (χ2n) is 4.66. The number of anilines is 1. The summed E-state index contributed by atoms with van der Waals surface area (Å²) in [6, 6.07) is 5.10. The number of carbonyl (C=O) groups is 2. The Labute approximate surface area is 119 Å². The molecule has 1 aromatic heterocycles. The van der Waals surface area contributed by atoms with Crippen molar-refractivity contribution in [3.63, 3.8) is 0 Å². The molecule has 0 aliphatic carbocycles. The summed E-state index contributed by atoms with van der Waals surface area (Å²) >= 11 is 0. The van der Waals surface area contributed by atoms with Crippen LogP contribution in [0.25, 0.3) is 11.0 Å². The number of carbonyl (C=O) groups excluding carboxylic acids is 1. The molecular formula is C14H14N2O5. The molecule has 0 saturated heterocycles.